The molecule has 0 saturated carbocycles. The first-order valence-corrected chi connectivity index (χ1v) is 7.29. The van der Waals surface area contributed by atoms with Gasteiger partial charge in [-0.1, -0.05) is 36.4 Å². The smallest absolute Gasteiger partial charge is 0.322 e. The molecule has 5 nitrogen and oxygen atoms in total. The van der Waals surface area contributed by atoms with Gasteiger partial charge in [-0.2, -0.15) is 0 Å². The number of anilines is 1. The van der Waals surface area contributed by atoms with E-state index in [0.29, 0.717) is 17.0 Å². The number of halogens is 1. The molecule has 1 heterocycles. The standard InChI is InChI=1S/C18H14FN3O2/c19-16-9-5-4-6-13(16)10-17(23)22-14-11-20-18(21-12-14)24-15-7-2-1-3-8-15/h1-9,11-12H,10H2,(H,22,23). The molecular weight excluding hydrogens is 309 g/mol. The van der Waals surface area contributed by atoms with Crippen LogP contribution < -0.4 is 10.1 Å². The Labute approximate surface area is 138 Å². The fourth-order valence-corrected chi connectivity index (χ4v) is 2.05. The number of aromatic nitrogens is 2. The molecule has 0 fully saturated rings. The van der Waals surface area contributed by atoms with E-state index in [0.717, 1.165) is 0 Å². The third-order valence-electron chi connectivity index (χ3n) is 3.17. The minimum Gasteiger partial charge on any atom is -0.424 e. The highest BCUT2D eigenvalue weighted by molar-refractivity contribution is 5.91. The van der Waals surface area contributed by atoms with Crippen LogP contribution in [0.25, 0.3) is 0 Å². The normalized spacial score (nSPS) is 10.2. The van der Waals surface area contributed by atoms with Crippen molar-refractivity contribution in [3.05, 3.63) is 78.4 Å². The first-order valence-electron chi connectivity index (χ1n) is 7.29. The molecule has 24 heavy (non-hydrogen) atoms. The fourth-order valence-electron chi connectivity index (χ4n) is 2.05. The lowest BCUT2D eigenvalue weighted by molar-refractivity contribution is -0.115. The van der Waals surface area contributed by atoms with Gasteiger partial charge in [-0.3, -0.25) is 4.79 Å². The summed E-state index contributed by atoms with van der Waals surface area (Å²) in [6, 6.07) is 15.5. The van der Waals surface area contributed by atoms with Gasteiger partial charge in [0.2, 0.25) is 5.91 Å². The highest BCUT2D eigenvalue weighted by atomic mass is 19.1. The molecule has 0 saturated heterocycles. The summed E-state index contributed by atoms with van der Waals surface area (Å²) in [6.45, 7) is 0. The van der Waals surface area contributed by atoms with E-state index in [1.54, 1.807) is 30.3 Å². The quantitative estimate of drug-likeness (QED) is 0.779. The topological polar surface area (TPSA) is 64.1 Å². The van der Waals surface area contributed by atoms with Crippen LogP contribution in [0.2, 0.25) is 0 Å². The maximum atomic E-state index is 13.5. The molecule has 1 amide bonds. The highest BCUT2D eigenvalue weighted by Gasteiger charge is 2.09. The van der Waals surface area contributed by atoms with Crippen molar-refractivity contribution in [3.8, 4) is 11.8 Å². The maximum Gasteiger partial charge on any atom is 0.322 e. The van der Waals surface area contributed by atoms with Gasteiger partial charge in [-0.05, 0) is 23.8 Å². The van der Waals surface area contributed by atoms with Crippen LogP contribution >= 0.6 is 0 Å². The molecule has 0 atom stereocenters. The van der Waals surface area contributed by atoms with E-state index in [-0.39, 0.29) is 18.3 Å². The number of carbonyl (C=O) groups is 1. The lowest BCUT2D eigenvalue weighted by Crippen LogP contribution is -2.15. The van der Waals surface area contributed by atoms with E-state index in [4.69, 9.17) is 4.74 Å². The van der Waals surface area contributed by atoms with E-state index >= 15 is 0 Å². The van der Waals surface area contributed by atoms with E-state index < -0.39 is 5.82 Å². The average Bonchev–Trinajstić information content (AvgIpc) is 2.60. The predicted octanol–water partition coefficient (Wildman–Crippen LogP) is 3.59. The molecule has 0 unspecified atom stereocenters. The van der Waals surface area contributed by atoms with Crippen molar-refractivity contribution in [3.63, 3.8) is 0 Å². The number of amides is 1. The summed E-state index contributed by atoms with van der Waals surface area (Å²) in [7, 11) is 0. The molecule has 0 spiro atoms. The summed E-state index contributed by atoms with van der Waals surface area (Å²) in [6.07, 6.45) is 2.81. The van der Waals surface area contributed by atoms with Crippen molar-refractivity contribution in [1.82, 2.24) is 9.97 Å². The molecule has 0 aliphatic carbocycles. The summed E-state index contributed by atoms with van der Waals surface area (Å²) >= 11 is 0. The molecule has 0 aliphatic heterocycles. The van der Waals surface area contributed by atoms with Crippen molar-refractivity contribution in [2.75, 3.05) is 5.32 Å². The first-order chi connectivity index (χ1) is 11.7. The van der Waals surface area contributed by atoms with Crippen LogP contribution in [0.4, 0.5) is 10.1 Å². The molecule has 2 aromatic carbocycles. The Morgan fingerprint density at radius 2 is 1.67 bits per heavy atom. The number of ether oxygens (including phenoxy) is 1. The number of hydrogen-bond acceptors (Lipinski definition) is 4. The average molecular weight is 323 g/mol. The summed E-state index contributed by atoms with van der Waals surface area (Å²) in [5.74, 6) is -0.134. The number of benzene rings is 2. The Hall–Kier alpha value is -3.28. The zero-order valence-corrected chi connectivity index (χ0v) is 12.6. The molecule has 0 bridgehead atoms. The Kier molecular flexibility index (Phi) is 4.76. The number of para-hydroxylation sites is 1. The molecule has 1 aromatic heterocycles. The monoisotopic (exact) mass is 323 g/mol. The predicted molar refractivity (Wildman–Crippen MR) is 87.3 cm³/mol. The van der Waals surface area contributed by atoms with Crippen LogP contribution in [0.3, 0.4) is 0 Å². The van der Waals surface area contributed by atoms with E-state index in [1.807, 2.05) is 18.2 Å². The lowest BCUT2D eigenvalue weighted by atomic mass is 10.1. The van der Waals surface area contributed by atoms with Crippen LogP contribution in [0.5, 0.6) is 11.8 Å². The van der Waals surface area contributed by atoms with Crippen molar-refractivity contribution in [1.29, 1.82) is 0 Å². The SMILES string of the molecule is O=C(Cc1ccccc1F)Nc1cnc(Oc2ccccc2)nc1. The molecule has 6 heteroatoms. The maximum absolute atomic E-state index is 13.5. The van der Waals surface area contributed by atoms with Crippen molar-refractivity contribution in [2.45, 2.75) is 6.42 Å². The number of nitrogens with zero attached hydrogens (tertiary/aromatic N) is 2. The summed E-state index contributed by atoms with van der Waals surface area (Å²) in [4.78, 5) is 20.0. The van der Waals surface area contributed by atoms with Gasteiger partial charge in [-0.15, -0.1) is 0 Å². The number of rotatable bonds is 5. The Bertz CT molecular complexity index is 823. The van der Waals surface area contributed by atoms with E-state index in [1.165, 1.54) is 18.5 Å². The van der Waals surface area contributed by atoms with E-state index in [2.05, 4.69) is 15.3 Å². The molecule has 1 N–H and O–H groups in total. The second-order valence-electron chi connectivity index (χ2n) is 4.99. The van der Waals surface area contributed by atoms with Crippen LogP contribution in [0.1, 0.15) is 5.56 Å². The van der Waals surface area contributed by atoms with Crippen molar-refractivity contribution >= 4 is 11.6 Å². The fraction of sp³-hybridized carbons (Fsp3) is 0.0556. The largest absolute Gasteiger partial charge is 0.424 e. The molecular formula is C18H14FN3O2. The minimum absolute atomic E-state index is 0.0606. The second kappa shape index (κ2) is 7.32. The summed E-state index contributed by atoms with van der Waals surface area (Å²) < 4.78 is 19.0. The molecule has 3 rings (SSSR count). The van der Waals surface area contributed by atoms with Gasteiger partial charge in [0.05, 0.1) is 24.5 Å². The van der Waals surface area contributed by atoms with Gasteiger partial charge in [0, 0.05) is 0 Å². The molecule has 0 aliphatic rings. The van der Waals surface area contributed by atoms with Crippen LogP contribution in [0.15, 0.2) is 67.0 Å². The van der Waals surface area contributed by atoms with Crippen molar-refractivity contribution in [2.24, 2.45) is 0 Å². The van der Waals surface area contributed by atoms with Crippen LogP contribution in [-0.2, 0) is 11.2 Å². The zero-order valence-electron chi connectivity index (χ0n) is 12.6. The Morgan fingerprint density at radius 1 is 1.00 bits per heavy atom. The summed E-state index contributed by atoms with van der Waals surface area (Å²) in [5.41, 5.74) is 0.747. The van der Waals surface area contributed by atoms with Gasteiger partial charge < -0.3 is 10.1 Å². The Morgan fingerprint density at radius 3 is 2.38 bits per heavy atom. The molecule has 3 aromatic rings. The third-order valence-corrected chi connectivity index (χ3v) is 3.17. The zero-order chi connectivity index (χ0) is 16.8. The van der Waals surface area contributed by atoms with E-state index in [9.17, 15) is 9.18 Å². The molecule has 120 valence electrons. The second-order valence-corrected chi connectivity index (χ2v) is 4.99. The minimum atomic E-state index is -0.407. The highest BCUT2D eigenvalue weighted by Crippen LogP contribution is 2.17. The summed E-state index contributed by atoms with van der Waals surface area (Å²) in [5, 5.41) is 2.62. The van der Waals surface area contributed by atoms with Gasteiger partial charge in [0.15, 0.2) is 0 Å². The number of carbonyl (C=O) groups excluding carboxylic acids is 1. The van der Waals surface area contributed by atoms with Crippen LogP contribution in [0, 0.1) is 5.82 Å². The van der Waals surface area contributed by atoms with Crippen molar-refractivity contribution < 1.29 is 13.9 Å². The molecule has 0 radical (unpaired) electrons. The Balaban J connectivity index is 1.60. The number of nitrogens with one attached hydrogen (secondary N) is 1. The van der Waals surface area contributed by atoms with Gasteiger partial charge in [-0.25, -0.2) is 14.4 Å². The number of hydrogen-bond donors (Lipinski definition) is 1. The van der Waals surface area contributed by atoms with Gasteiger partial charge >= 0.3 is 6.01 Å². The van der Waals surface area contributed by atoms with Gasteiger partial charge in [0.25, 0.3) is 0 Å². The third kappa shape index (κ3) is 4.13. The van der Waals surface area contributed by atoms with Gasteiger partial charge in [0.1, 0.15) is 11.6 Å². The lowest BCUT2D eigenvalue weighted by Gasteiger charge is -2.07. The first kappa shape index (κ1) is 15.6. The van der Waals surface area contributed by atoms with Crippen LogP contribution in [-0.4, -0.2) is 15.9 Å².